The first-order chi connectivity index (χ1) is 15.6. The van der Waals surface area contributed by atoms with Crippen molar-refractivity contribution in [2.75, 3.05) is 0 Å². The highest BCUT2D eigenvalue weighted by molar-refractivity contribution is 6.64. The molecular formula is C29H23BO2. The zero-order valence-corrected chi connectivity index (χ0v) is 18.5. The van der Waals surface area contributed by atoms with Crippen molar-refractivity contribution in [3.63, 3.8) is 0 Å². The minimum atomic E-state index is -0.516. The maximum absolute atomic E-state index is 6.66. The average Bonchev–Trinajstić information content (AvgIpc) is 2.95. The van der Waals surface area contributed by atoms with Crippen molar-refractivity contribution in [1.82, 2.24) is 0 Å². The summed E-state index contributed by atoms with van der Waals surface area (Å²) in [5, 5.41) is 4.72. The zero-order valence-electron chi connectivity index (χ0n) is 18.5. The molecule has 3 heteroatoms. The van der Waals surface area contributed by atoms with Gasteiger partial charge in [0.1, 0.15) is 11.5 Å². The summed E-state index contributed by atoms with van der Waals surface area (Å²) in [4.78, 5) is 0. The normalized spacial score (nSPS) is 12.7. The molecule has 32 heavy (non-hydrogen) atoms. The number of rotatable bonds is 1. The molecule has 0 amide bonds. The first-order valence-electron chi connectivity index (χ1n) is 11.0. The summed E-state index contributed by atoms with van der Waals surface area (Å²) in [6, 6.07) is 29.8. The second-order valence-corrected chi connectivity index (χ2v) is 8.70. The van der Waals surface area contributed by atoms with Crippen LogP contribution >= 0.6 is 0 Å². The summed E-state index contributed by atoms with van der Waals surface area (Å²) in [6.45, 7) is 6.40. The topological polar surface area (TPSA) is 18.5 Å². The molecule has 1 aliphatic heterocycles. The Labute approximate surface area is 188 Å². The molecule has 0 N–H and O–H groups in total. The van der Waals surface area contributed by atoms with Gasteiger partial charge in [0.2, 0.25) is 0 Å². The van der Waals surface area contributed by atoms with E-state index in [9.17, 15) is 0 Å². The van der Waals surface area contributed by atoms with Gasteiger partial charge < -0.3 is 9.31 Å². The van der Waals surface area contributed by atoms with Crippen LogP contribution in [-0.2, 0) is 0 Å². The average molecular weight is 414 g/mol. The quantitative estimate of drug-likeness (QED) is 0.283. The Morgan fingerprint density at radius 2 is 1.03 bits per heavy atom. The van der Waals surface area contributed by atoms with Crippen LogP contribution in [0.1, 0.15) is 16.7 Å². The molecule has 0 atom stereocenters. The lowest BCUT2D eigenvalue weighted by Gasteiger charge is -2.19. The summed E-state index contributed by atoms with van der Waals surface area (Å²) >= 11 is 0. The molecule has 0 aromatic heterocycles. The van der Waals surface area contributed by atoms with Crippen LogP contribution in [0.2, 0.25) is 0 Å². The summed E-state index contributed by atoms with van der Waals surface area (Å²) in [5.41, 5.74) is 6.89. The molecule has 0 fully saturated rings. The summed E-state index contributed by atoms with van der Waals surface area (Å²) in [7, 11) is -0.516. The van der Waals surface area contributed by atoms with Crippen molar-refractivity contribution in [2.24, 2.45) is 0 Å². The lowest BCUT2D eigenvalue weighted by atomic mass is 9.72. The van der Waals surface area contributed by atoms with E-state index >= 15 is 0 Å². The minimum Gasteiger partial charge on any atom is -0.521 e. The fourth-order valence-corrected chi connectivity index (χ4v) is 5.15. The monoisotopic (exact) mass is 414 g/mol. The van der Waals surface area contributed by atoms with E-state index in [1.807, 2.05) is 0 Å². The van der Waals surface area contributed by atoms with Crippen LogP contribution < -0.4 is 14.8 Å². The van der Waals surface area contributed by atoms with Crippen molar-refractivity contribution < 1.29 is 9.31 Å². The van der Waals surface area contributed by atoms with Gasteiger partial charge in [-0.1, -0.05) is 78.4 Å². The predicted octanol–water partition coefficient (Wildman–Crippen LogP) is 6.75. The molecule has 0 unspecified atom stereocenters. The van der Waals surface area contributed by atoms with Crippen molar-refractivity contribution in [1.29, 1.82) is 0 Å². The Bertz CT molecular complexity index is 1410. The van der Waals surface area contributed by atoms with Gasteiger partial charge >= 0.3 is 7.12 Å². The van der Waals surface area contributed by atoms with Crippen molar-refractivity contribution in [2.45, 2.75) is 20.8 Å². The van der Waals surface area contributed by atoms with Gasteiger partial charge in [-0.05, 0) is 65.6 Å². The standard InChI is InChI=1S/C29H23BO2/c1-18-16-19(2)29(20(3)17-18)30-31-25-14-12-21-8-4-6-10-23(21)27(25)28-24-11-7-5-9-22(24)13-15-26(28)32-30/h4-17H,1-3H3. The predicted molar refractivity (Wildman–Crippen MR) is 134 cm³/mol. The SMILES string of the molecule is Cc1cc(C)c(B2Oc3ccc4ccccc4c3-c3c(ccc4ccccc34)O2)c(C)c1. The van der Waals surface area contributed by atoms with Crippen LogP contribution in [-0.4, -0.2) is 7.12 Å². The van der Waals surface area contributed by atoms with E-state index in [1.165, 1.54) is 38.2 Å². The van der Waals surface area contributed by atoms with E-state index in [0.29, 0.717) is 0 Å². The van der Waals surface area contributed by atoms with E-state index in [-0.39, 0.29) is 0 Å². The van der Waals surface area contributed by atoms with Gasteiger partial charge in [0.25, 0.3) is 0 Å². The van der Waals surface area contributed by atoms with Gasteiger partial charge in [-0.15, -0.1) is 0 Å². The second-order valence-electron chi connectivity index (χ2n) is 8.70. The van der Waals surface area contributed by atoms with E-state index in [2.05, 4.69) is 106 Å². The van der Waals surface area contributed by atoms with Gasteiger partial charge in [-0.3, -0.25) is 0 Å². The van der Waals surface area contributed by atoms with Crippen LogP contribution in [0.3, 0.4) is 0 Å². The fraction of sp³-hybridized carbons (Fsp3) is 0.103. The molecule has 6 rings (SSSR count). The number of hydrogen-bond acceptors (Lipinski definition) is 2. The largest absolute Gasteiger partial charge is 0.633 e. The molecule has 1 aliphatic rings. The molecular weight excluding hydrogens is 391 g/mol. The van der Waals surface area contributed by atoms with Crippen LogP contribution in [0.4, 0.5) is 0 Å². The molecule has 0 bridgehead atoms. The van der Waals surface area contributed by atoms with Crippen molar-refractivity contribution in [3.05, 3.63) is 102 Å². The third-order valence-corrected chi connectivity index (χ3v) is 6.47. The van der Waals surface area contributed by atoms with Crippen LogP contribution in [0.25, 0.3) is 32.7 Å². The molecule has 5 aromatic rings. The lowest BCUT2D eigenvalue weighted by Crippen LogP contribution is -2.45. The second kappa shape index (κ2) is 7.17. The van der Waals surface area contributed by atoms with Gasteiger partial charge in [-0.25, -0.2) is 0 Å². The fourth-order valence-electron chi connectivity index (χ4n) is 5.15. The zero-order chi connectivity index (χ0) is 21.8. The molecule has 0 aliphatic carbocycles. The molecule has 2 nitrogen and oxygen atoms in total. The van der Waals surface area contributed by atoms with Gasteiger partial charge in [0, 0.05) is 16.6 Å². The van der Waals surface area contributed by atoms with E-state index < -0.39 is 7.12 Å². The van der Waals surface area contributed by atoms with Crippen LogP contribution in [0.15, 0.2) is 84.9 Å². The maximum Gasteiger partial charge on any atom is 0.633 e. The molecule has 0 saturated heterocycles. The number of hydrogen-bond donors (Lipinski definition) is 0. The first kappa shape index (κ1) is 19.0. The third kappa shape index (κ3) is 2.89. The Kier molecular flexibility index (Phi) is 4.26. The number of aryl methyl sites for hydroxylation is 3. The highest BCUT2D eigenvalue weighted by Crippen LogP contribution is 2.47. The molecule has 0 saturated carbocycles. The molecule has 154 valence electrons. The molecule has 5 aromatic carbocycles. The number of fused-ring (bicyclic) bond motifs is 7. The van der Waals surface area contributed by atoms with Crippen LogP contribution in [0, 0.1) is 20.8 Å². The Hall–Kier alpha value is -3.72. The van der Waals surface area contributed by atoms with Crippen LogP contribution in [0.5, 0.6) is 11.5 Å². The lowest BCUT2D eigenvalue weighted by molar-refractivity contribution is 0.448. The Morgan fingerprint density at radius 3 is 1.53 bits per heavy atom. The summed E-state index contributed by atoms with van der Waals surface area (Å²) < 4.78 is 13.3. The molecule has 1 heterocycles. The van der Waals surface area contributed by atoms with E-state index in [4.69, 9.17) is 9.31 Å². The first-order valence-corrected chi connectivity index (χ1v) is 11.0. The maximum atomic E-state index is 6.66. The van der Waals surface area contributed by atoms with Crippen molar-refractivity contribution in [3.8, 4) is 22.6 Å². The van der Waals surface area contributed by atoms with Gasteiger partial charge in [0.15, 0.2) is 0 Å². The summed E-state index contributed by atoms with van der Waals surface area (Å²) in [5.74, 6) is 1.70. The summed E-state index contributed by atoms with van der Waals surface area (Å²) in [6.07, 6.45) is 0. The van der Waals surface area contributed by atoms with Gasteiger partial charge in [-0.2, -0.15) is 0 Å². The van der Waals surface area contributed by atoms with Gasteiger partial charge in [0.05, 0.1) is 0 Å². The highest BCUT2D eigenvalue weighted by atomic mass is 16.6. The number of benzene rings is 5. The van der Waals surface area contributed by atoms with Crippen molar-refractivity contribution >= 4 is 34.1 Å². The highest BCUT2D eigenvalue weighted by Gasteiger charge is 2.35. The Morgan fingerprint density at radius 1 is 0.562 bits per heavy atom. The third-order valence-electron chi connectivity index (χ3n) is 6.47. The molecule has 0 spiro atoms. The van der Waals surface area contributed by atoms with E-state index in [1.54, 1.807) is 0 Å². The molecule has 0 radical (unpaired) electrons. The smallest absolute Gasteiger partial charge is 0.521 e. The Balaban J connectivity index is 1.70. The van der Waals surface area contributed by atoms with E-state index in [0.717, 1.165) is 28.1 Å². The minimum absolute atomic E-state index is 0.516.